The molecule has 1 fully saturated rings. The summed E-state index contributed by atoms with van der Waals surface area (Å²) in [5.74, 6) is -3.03. The summed E-state index contributed by atoms with van der Waals surface area (Å²) in [6.45, 7) is 9.36. The minimum Gasteiger partial charge on any atom is -0.459 e. The highest BCUT2D eigenvalue weighted by Gasteiger charge is 2.59. The van der Waals surface area contributed by atoms with E-state index in [1.807, 2.05) is 30.3 Å². The summed E-state index contributed by atoms with van der Waals surface area (Å²) in [4.78, 5) is 13.7. The van der Waals surface area contributed by atoms with Crippen LogP contribution in [0.1, 0.15) is 63.6 Å². The zero-order valence-electron chi connectivity index (χ0n) is 22.7. The number of rotatable bonds is 6. The largest absolute Gasteiger partial charge is 0.459 e. The first-order valence-corrected chi connectivity index (χ1v) is 13.6. The fourth-order valence-corrected chi connectivity index (χ4v) is 5.99. The molecule has 8 heteroatoms. The van der Waals surface area contributed by atoms with Crippen LogP contribution < -0.4 is 11.1 Å². The van der Waals surface area contributed by atoms with E-state index in [1.54, 1.807) is 32.9 Å². The van der Waals surface area contributed by atoms with Gasteiger partial charge in [-0.1, -0.05) is 85.6 Å². The molecule has 4 rings (SSSR count). The van der Waals surface area contributed by atoms with E-state index in [9.17, 15) is 4.79 Å². The number of hydrogen-bond donors (Lipinski definition) is 2. The van der Waals surface area contributed by atoms with E-state index in [2.05, 4.69) is 19.2 Å². The number of nitrogens with two attached hydrogens (primary N) is 1. The molecule has 1 saturated heterocycles. The third-order valence-corrected chi connectivity index (χ3v) is 7.98. The van der Waals surface area contributed by atoms with E-state index in [4.69, 9.17) is 33.7 Å². The highest BCUT2D eigenvalue weighted by molar-refractivity contribution is 6.31. The number of ether oxygens (including phenoxy) is 1. The Kier molecular flexibility index (Phi) is 8.17. The average Bonchev–Trinajstić information content (AvgIpc) is 3.12. The number of hydrogen-bond acceptors (Lipinski definition) is 4. The first-order chi connectivity index (χ1) is 18.1. The highest BCUT2D eigenvalue weighted by Crippen LogP contribution is 2.50. The minimum absolute atomic E-state index is 0.0997. The molecule has 39 heavy (non-hydrogen) atoms. The van der Waals surface area contributed by atoms with Crippen LogP contribution in [0.4, 0.5) is 8.78 Å². The number of nitrogens with one attached hydrogen (secondary N) is 1. The maximum atomic E-state index is 15.7. The van der Waals surface area contributed by atoms with Gasteiger partial charge < -0.3 is 10.5 Å². The van der Waals surface area contributed by atoms with Gasteiger partial charge in [0.1, 0.15) is 23.3 Å². The van der Waals surface area contributed by atoms with Gasteiger partial charge in [-0.15, -0.1) is 0 Å². The molecule has 3 aromatic rings. The Labute approximate surface area is 238 Å². The maximum Gasteiger partial charge on any atom is 0.324 e. The molecule has 208 valence electrons. The Morgan fingerprint density at radius 1 is 1.00 bits per heavy atom. The molecule has 1 aliphatic rings. The lowest BCUT2D eigenvalue weighted by Gasteiger charge is -2.40. The van der Waals surface area contributed by atoms with Crippen molar-refractivity contribution in [2.75, 3.05) is 0 Å². The molecule has 0 spiro atoms. The van der Waals surface area contributed by atoms with Crippen molar-refractivity contribution in [3.63, 3.8) is 0 Å². The number of halogens is 4. The van der Waals surface area contributed by atoms with Crippen LogP contribution in [-0.4, -0.2) is 23.7 Å². The summed E-state index contributed by atoms with van der Waals surface area (Å²) in [6.07, 6.45) is 0.396. The summed E-state index contributed by atoms with van der Waals surface area (Å²) in [6, 6.07) is 16.8. The fraction of sp³-hybridized carbons (Fsp3) is 0.387. The van der Waals surface area contributed by atoms with Crippen molar-refractivity contribution in [2.24, 2.45) is 5.73 Å². The smallest absolute Gasteiger partial charge is 0.324 e. The van der Waals surface area contributed by atoms with Crippen LogP contribution >= 0.6 is 23.2 Å². The summed E-state index contributed by atoms with van der Waals surface area (Å²) >= 11 is 12.3. The molecule has 0 radical (unpaired) electrons. The van der Waals surface area contributed by atoms with Crippen LogP contribution in [0.3, 0.4) is 0 Å². The molecule has 4 unspecified atom stereocenters. The third kappa shape index (κ3) is 5.85. The van der Waals surface area contributed by atoms with E-state index < -0.39 is 52.2 Å². The molecular formula is C31H34Cl2F2N2O2. The Morgan fingerprint density at radius 3 is 2.28 bits per heavy atom. The van der Waals surface area contributed by atoms with Crippen molar-refractivity contribution in [3.05, 3.63) is 105 Å². The number of esters is 1. The van der Waals surface area contributed by atoms with Crippen LogP contribution in [0.25, 0.3) is 0 Å². The van der Waals surface area contributed by atoms with Gasteiger partial charge in [-0.25, -0.2) is 8.78 Å². The zero-order valence-corrected chi connectivity index (χ0v) is 24.2. The molecule has 0 aliphatic carbocycles. The first kappa shape index (κ1) is 29.5. The van der Waals surface area contributed by atoms with Gasteiger partial charge in [0.2, 0.25) is 0 Å². The van der Waals surface area contributed by atoms with Crippen molar-refractivity contribution in [3.8, 4) is 0 Å². The monoisotopic (exact) mass is 574 g/mol. The van der Waals surface area contributed by atoms with Crippen LogP contribution in [-0.2, 0) is 20.5 Å². The maximum absolute atomic E-state index is 15.7. The summed E-state index contributed by atoms with van der Waals surface area (Å²) in [5.41, 5.74) is 5.68. The fourth-order valence-electron chi connectivity index (χ4n) is 5.65. The Balaban J connectivity index is 1.95. The molecular weight excluding hydrogens is 541 g/mol. The second-order valence-electron chi connectivity index (χ2n) is 11.9. The Bertz CT molecular complexity index is 1360. The molecule has 0 bridgehead atoms. The van der Waals surface area contributed by atoms with E-state index in [0.717, 1.165) is 5.56 Å². The SMILES string of the molecule is CC(C)(C)OC(=O)C1NC(CC(C)(C)c2ccccc2)C(N)(c2ccc(Cl)cc2F)C1c1cccc(Cl)c1F. The van der Waals surface area contributed by atoms with Gasteiger partial charge in [-0.3, -0.25) is 10.1 Å². The van der Waals surface area contributed by atoms with Gasteiger partial charge in [-0.2, -0.15) is 0 Å². The molecule has 3 aromatic carbocycles. The quantitative estimate of drug-likeness (QED) is 0.304. The molecule has 3 N–H and O–H groups in total. The summed E-state index contributed by atoms with van der Waals surface area (Å²) in [7, 11) is 0. The molecule has 1 heterocycles. The predicted octanol–water partition coefficient (Wildman–Crippen LogP) is 7.26. The number of carbonyl (C=O) groups is 1. The van der Waals surface area contributed by atoms with Crippen molar-refractivity contribution in [1.82, 2.24) is 5.32 Å². The van der Waals surface area contributed by atoms with Gasteiger partial charge in [0, 0.05) is 22.5 Å². The van der Waals surface area contributed by atoms with Crippen LogP contribution in [0.2, 0.25) is 10.0 Å². The predicted molar refractivity (Wildman–Crippen MR) is 152 cm³/mol. The Hall–Kier alpha value is -2.51. The van der Waals surface area contributed by atoms with E-state index in [0.29, 0.717) is 6.42 Å². The highest BCUT2D eigenvalue weighted by atomic mass is 35.5. The van der Waals surface area contributed by atoms with Crippen LogP contribution in [0, 0.1) is 11.6 Å². The second kappa shape index (κ2) is 10.8. The normalized spacial score (nSPS) is 23.6. The lowest BCUT2D eigenvalue weighted by molar-refractivity contribution is -0.157. The van der Waals surface area contributed by atoms with Crippen LogP contribution in [0.15, 0.2) is 66.7 Å². The summed E-state index contributed by atoms with van der Waals surface area (Å²) in [5, 5.41) is 3.43. The number of benzene rings is 3. The number of carbonyl (C=O) groups excluding carboxylic acids is 1. The van der Waals surface area contributed by atoms with Gasteiger partial charge in [0.05, 0.1) is 10.6 Å². The topological polar surface area (TPSA) is 64.3 Å². The van der Waals surface area contributed by atoms with Crippen molar-refractivity contribution >= 4 is 29.2 Å². The molecule has 0 aromatic heterocycles. The zero-order chi connectivity index (χ0) is 28.8. The van der Waals surface area contributed by atoms with Gasteiger partial charge in [0.25, 0.3) is 0 Å². The van der Waals surface area contributed by atoms with Gasteiger partial charge >= 0.3 is 5.97 Å². The first-order valence-electron chi connectivity index (χ1n) is 12.9. The molecule has 1 aliphatic heterocycles. The van der Waals surface area contributed by atoms with E-state index in [1.165, 1.54) is 24.3 Å². The lowest BCUT2D eigenvalue weighted by Crippen LogP contribution is -2.53. The molecule has 0 saturated carbocycles. The van der Waals surface area contributed by atoms with Crippen molar-refractivity contribution < 1.29 is 18.3 Å². The molecule has 4 nitrogen and oxygen atoms in total. The average molecular weight is 576 g/mol. The summed E-state index contributed by atoms with van der Waals surface area (Å²) < 4.78 is 37.2. The lowest BCUT2D eigenvalue weighted by atomic mass is 9.67. The molecule has 4 atom stereocenters. The second-order valence-corrected chi connectivity index (χ2v) is 12.7. The standard InChI is InChI=1S/C31H34Cl2F2N2O2/c1-29(2,3)39-28(38)27-25(20-12-9-13-22(33)26(20)35)31(36,21-15-14-19(32)16-23(21)34)24(37-27)17-30(4,5)18-10-7-6-8-11-18/h6-16,24-25,27,37H,17,36H2,1-5H3. The van der Waals surface area contributed by atoms with Crippen molar-refractivity contribution in [1.29, 1.82) is 0 Å². The van der Waals surface area contributed by atoms with Crippen LogP contribution in [0.5, 0.6) is 0 Å². The van der Waals surface area contributed by atoms with E-state index in [-0.39, 0.29) is 21.2 Å². The van der Waals surface area contributed by atoms with Gasteiger partial charge in [-0.05, 0) is 61.9 Å². The third-order valence-electron chi connectivity index (χ3n) is 7.45. The Morgan fingerprint density at radius 2 is 1.67 bits per heavy atom. The minimum atomic E-state index is -1.59. The van der Waals surface area contributed by atoms with Crippen molar-refractivity contribution in [2.45, 2.75) is 75.6 Å². The van der Waals surface area contributed by atoms with E-state index >= 15 is 8.78 Å². The molecule has 0 amide bonds. The van der Waals surface area contributed by atoms with Gasteiger partial charge in [0.15, 0.2) is 0 Å².